The van der Waals surface area contributed by atoms with Gasteiger partial charge in [0.2, 0.25) is 5.91 Å². The van der Waals surface area contributed by atoms with E-state index in [2.05, 4.69) is 16.0 Å². The number of thiocarbonyl (C=S) groups is 1. The van der Waals surface area contributed by atoms with Crippen LogP contribution in [0.1, 0.15) is 6.92 Å². The highest BCUT2D eigenvalue weighted by atomic mass is 32.2. The molecule has 3 rings (SSSR count). The van der Waals surface area contributed by atoms with Crippen molar-refractivity contribution in [3.05, 3.63) is 78.6 Å². The predicted octanol–water partition coefficient (Wildman–Crippen LogP) is 5.76. The summed E-state index contributed by atoms with van der Waals surface area (Å²) in [4.78, 5) is 13.3. The third-order valence-electron chi connectivity index (χ3n) is 4.26. The van der Waals surface area contributed by atoms with Gasteiger partial charge in [-0.1, -0.05) is 30.3 Å². The van der Waals surface area contributed by atoms with E-state index in [9.17, 15) is 9.18 Å². The molecule has 3 aromatic carbocycles. The fourth-order valence-electron chi connectivity index (χ4n) is 2.73. The summed E-state index contributed by atoms with van der Waals surface area (Å²) in [5.41, 5.74) is 1.70. The Morgan fingerprint density at radius 1 is 0.968 bits per heavy atom. The van der Waals surface area contributed by atoms with Gasteiger partial charge in [0.15, 0.2) is 5.11 Å². The number of nitrogens with one attached hydrogen (secondary N) is 3. The molecule has 0 bridgehead atoms. The number of carbonyl (C=O) groups excluding carboxylic acids is 1. The average Bonchev–Trinajstić information content (AvgIpc) is 2.76. The maximum atomic E-state index is 13.8. The van der Waals surface area contributed by atoms with Gasteiger partial charge in [-0.05, 0) is 61.6 Å². The Labute approximate surface area is 190 Å². The SMILES string of the molecule is COc1ccccc1NC(=S)Nc1cccc(SC(C)C(=O)Nc2ccccc2F)c1. The highest BCUT2D eigenvalue weighted by molar-refractivity contribution is 8.00. The van der Waals surface area contributed by atoms with Gasteiger partial charge in [0.05, 0.1) is 23.7 Å². The molecule has 0 fully saturated rings. The normalized spacial score (nSPS) is 11.3. The molecule has 3 aromatic rings. The van der Waals surface area contributed by atoms with Gasteiger partial charge in [0.1, 0.15) is 11.6 Å². The van der Waals surface area contributed by atoms with Crippen LogP contribution < -0.4 is 20.7 Å². The number of hydrogen-bond donors (Lipinski definition) is 3. The number of thioether (sulfide) groups is 1. The number of carbonyl (C=O) groups is 1. The van der Waals surface area contributed by atoms with Crippen LogP contribution in [0.4, 0.5) is 21.5 Å². The van der Waals surface area contributed by atoms with E-state index >= 15 is 0 Å². The Morgan fingerprint density at radius 3 is 2.42 bits per heavy atom. The summed E-state index contributed by atoms with van der Waals surface area (Å²) >= 11 is 6.77. The fraction of sp³-hybridized carbons (Fsp3) is 0.130. The number of para-hydroxylation sites is 3. The Bertz CT molecular complexity index is 1080. The quantitative estimate of drug-likeness (QED) is 0.311. The number of anilines is 3. The van der Waals surface area contributed by atoms with Crippen molar-refractivity contribution in [2.24, 2.45) is 0 Å². The molecule has 5 nitrogen and oxygen atoms in total. The van der Waals surface area contributed by atoms with Crippen molar-refractivity contribution in [1.29, 1.82) is 0 Å². The molecular formula is C23H22FN3O2S2. The number of ether oxygens (including phenoxy) is 1. The topological polar surface area (TPSA) is 62.4 Å². The summed E-state index contributed by atoms with van der Waals surface area (Å²) in [6.45, 7) is 1.77. The second-order valence-electron chi connectivity index (χ2n) is 6.54. The number of benzene rings is 3. The molecule has 0 radical (unpaired) electrons. The second kappa shape index (κ2) is 10.8. The van der Waals surface area contributed by atoms with Crippen LogP contribution in [0.25, 0.3) is 0 Å². The highest BCUT2D eigenvalue weighted by Gasteiger charge is 2.16. The molecule has 1 amide bonds. The number of hydrogen-bond acceptors (Lipinski definition) is 4. The van der Waals surface area contributed by atoms with Crippen molar-refractivity contribution in [2.45, 2.75) is 17.1 Å². The van der Waals surface area contributed by atoms with Crippen molar-refractivity contribution in [3.8, 4) is 5.75 Å². The minimum Gasteiger partial charge on any atom is -0.495 e. The van der Waals surface area contributed by atoms with E-state index in [4.69, 9.17) is 17.0 Å². The first-order chi connectivity index (χ1) is 15.0. The molecule has 31 heavy (non-hydrogen) atoms. The lowest BCUT2D eigenvalue weighted by Gasteiger charge is -2.15. The molecule has 0 spiro atoms. The fourth-order valence-corrected chi connectivity index (χ4v) is 3.89. The number of amides is 1. The first-order valence-corrected chi connectivity index (χ1v) is 10.8. The molecule has 160 valence electrons. The van der Waals surface area contributed by atoms with Gasteiger partial charge < -0.3 is 20.7 Å². The van der Waals surface area contributed by atoms with Gasteiger partial charge in [-0.15, -0.1) is 11.8 Å². The lowest BCUT2D eigenvalue weighted by Crippen LogP contribution is -2.23. The molecular weight excluding hydrogens is 433 g/mol. The van der Waals surface area contributed by atoms with Gasteiger partial charge >= 0.3 is 0 Å². The maximum absolute atomic E-state index is 13.8. The van der Waals surface area contributed by atoms with Gasteiger partial charge in [-0.2, -0.15) is 0 Å². The van der Waals surface area contributed by atoms with Crippen LogP contribution in [0.3, 0.4) is 0 Å². The van der Waals surface area contributed by atoms with Crippen LogP contribution in [0.15, 0.2) is 77.7 Å². The van der Waals surface area contributed by atoms with E-state index in [1.165, 1.54) is 23.9 Å². The van der Waals surface area contributed by atoms with Crippen molar-refractivity contribution >= 4 is 52.1 Å². The minimum absolute atomic E-state index is 0.170. The van der Waals surface area contributed by atoms with Crippen LogP contribution in [-0.4, -0.2) is 23.4 Å². The van der Waals surface area contributed by atoms with Gasteiger partial charge in [-0.3, -0.25) is 4.79 Å². The molecule has 0 aliphatic heterocycles. The highest BCUT2D eigenvalue weighted by Crippen LogP contribution is 2.28. The van der Waals surface area contributed by atoms with E-state index < -0.39 is 11.1 Å². The zero-order valence-electron chi connectivity index (χ0n) is 17.0. The van der Waals surface area contributed by atoms with E-state index in [1.807, 2.05) is 48.5 Å². The number of methoxy groups -OCH3 is 1. The van der Waals surface area contributed by atoms with Gasteiger partial charge in [0.25, 0.3) is 0 Å². The summed E-state index contributed by atoms with van der Waals surface area (Å²) in [5, 5.41) is 8.86. The molecule has 0 saturated carbocycles. The Kier molecular flexibility index (Phi) is 7.86. The van der Waals surface area contributed by atoms with Crippen LogP contribution in [0.5, 0.6) is 5.75 Å². The first-order valence-electron chi connectivity index (χ1n) is 9.49. The average molecular weight is 456 g/mol. The predicted molar refractivity (Wildman–Crippen MR) is 130 cm³/mol. The van der Waals surface area contributed by atoms with E-state index in [0.717, 1.165) is 16.3 Å². The third-order valence-corrected chi connectivity index (χ3v) is 5.56. The van der Waals surface area contributed by atoms with E-state index in [0.29, 0.717) is 10.9 Å². The zero-order valence-corrected chi connectivity index (χ0v) is 18.6. The molecule has 0 aliphatic carbocycles. The van der Waals surface area contributed by atoms with Crippen molar-refractivity contribution in [2.75, 3.05) is 23.1 Å². The van der Waals surface area contributed by atoms with E-state index in [-0.39, 0.29) is 11.6 Å². The molecule has 0 aliphatic rings. The van der Waals surface area contributed by atoms with Crippen molar-refractivity contribution in [3.63, 3.8) is 0 Å². The molecule has 1 unspecified atom stereocenters. The lowest BCUT2D eigenvalue weighted by molar-refractivity contribution is -0.115. The van der Waals surface area contributed by atoms with Crippen molar-refractivity contribution in [1.82, 2.24) is 0 Å². The molecule has 8 heteroatoms. The van der Waals surface area contributed by atoms with Crippen LogP contribution in [-0.2, 0) is 4.79 Å². The van der Waals surface area contributed by atoms with Gasteiger partial charge in [-0.25, -0.2) is 4.39 Å². The van der Waals surface area contributed by atoms with Crippen molar-refractivity contribution < 1.29 is 13.9 Å². The number of halogens is 1. The van der Waals surface area contributed by atoms with Gasteiger partial charge in [0, 0.05) is 10.6 Å². The Morgan fingerprint density at radius 2 is 1.68 bits per heavy atom. The summed E-state index contributed by atoms with van der Waals surface area (Å²) in [5.74, 6) is -0.0530. The van der Waals surface area contributed by atoms with Crippen LogP contribution in [0.2, 0.25) is 0 Å². The molecule has 0 aromatic heterocycles. The maximum Gasteiger partial charge on any atom is 0.237 e. The summed E-state index contributed by atoms with van der Waals surface area (Å²) in [6.07, 6.45) is 0. The number of rotatable bonds is 7. The summed E-state index contributed by atoms with van der Waals surface area (Å²) in [6, 6.07) is 21.1. The van der Waals surface area contributed by atoms with E-state index in [1.54, 1.807) is 26.2 Å². The molecule has 0 saturated heterocycles. The molecule has 3 N–H and O–H groups in total. The Hall–Kier alpha value is -3.10. The summed E-state index contributed by atoms with van der Waals surface area (Å²) < 4.78 is 19.1. The standard InChI is InChI=1S/C23H22FN3O2S2/c1-15(22(28)26-19-11-4-3-10-18(19)24)31-17-9-7-8-16(14-17)25-23(30)27-20-12-5-6-13-21(20)29-2/h3-15H,1-2H3,(H,26,28)(H2,25,27,30). The lowest BCUT2D eigenvalue weighted by atomic mass is 10.3. The van der Waals surface area contributed by atoms with Crippen LogP contribution in [0, 0.1) is 5.82 Å². The molecule has 1 atom stereocenters. The molecule has 0 heterocycles. The minimum atomic E-state index is -0.463. The summed E-state index contributed by atoms with van der Waals surface area (Å²) in [7, 11) is 1.60. The smallest absolute Gasteiger partial charge is 0.237 e. The second-order valence-corrected chi connectivity index (χ2v) is 8.36. The third kappa shape index (κ3) is 6.44. The zero-order chi connectivity index (χ0) is 22.2. The largest absolute Gasteiger partial charge is 0.495 e. The monoisotopic (exact) mass is 455 g/mol. The Balaban J connectivity index is 1.60. The van der Waals surface area contributed by atoms with Crippen LogP contribution >= 0.6 is 24.0 Å². The first kappa shape index (κ1) is 22.6.